The summed E-state index contributed by atoms with van der Waals surface area (Å²) < 4.78 is 10.2. The molecule has 6 heteroatoms. The molecule has 1 amide bonds. The number of esters is 2. The van der Waals surface area contributed by atoms with E-state index in [9.17, 15) is 14.4 Å². The van der Waals surface area contributed by atoms with E-state index in [-0.39, 0.29) is 24.5 Å². The zero-order valence-electron chi connectivity index (χ0n) is 13.3. The highest BCUT2D eigenvalue weighted by Gasteiger charge is 2.53. The lowest BCUT2D eigenvalue weighted by atomic mass is 9.89. The molecule has 1 atom stereocenters. The lowest BCUT2D eigenvalue weighted by molar-refractivity contribution is -0.164. The standard InChI is InChI=1S/C15H23NO5/c1-6-15(14(19)16(7-2)8-3)10(5)11(13(18)21-15)12(17)20-9-4/h6-9H2,1-5H3. The first-order valence-electron chi connectivity index (χ1n) is 7.30. The van der Waals surface area contributed by atoms with E-state index in [4.69, 9.17) is 9.47 Å². The average molecular weight is 297 g/mol. The molecule has 0 radical (unpaired) electrons. The molecule has 0 aromatic rings. The minimum Gasteiger partial charge on any atom is -0.462 e. The maximum atomic E-state index is 12.7. The highest BCUT2D eigenvalue weighted by molar-refractivity contribution is 6.18. The Morgan fingerprint density at radius 3 is 2.19 bits per heavy atom. The van der Waals surface area contributed by atoms with Crippen LogP contribution in [-0.2, 0) is 23.9 Å². The van der Waals surface area contributed by atoms with Crippen molar-refractivity contribution in [2.45, 2.75) is 46.6 Å². The molecule has 0 spiro atoms. The Bertz CT molecular complexity index is 478. The second-order valence-corrected chi connectivity index (χ2v) is 4.77. The monoisotopic (exact) mass is 297 g/mol. The van der Waals surface area contributed by atoms with E-state index in [1.807, 2.05) is 13.8 Å². The number of hydrogen-bond acceptors (Lipinski definition) is 5. The Kier molecular flexibility index (Phi) is 5.52. The fourth-order valence-corrected chi connectivity index (χ4v) is 2.54. The molecule has 0 aliphatic carbocycles. The van der Waals surface area contributed by atoms with Crippen molar-refractivity contribution in [2.75, 3.05) is 19.7 Å². The highest BCUT2D eigenvalue weighted by atomic mass is 16.6. The van der Waals surface area contributed by atoms with Crippen molar-refractivity contribution in [2.24, 2.45) is 0 Å². The van der Waals surface area contributed by atoms with Gasteiger partial charge >= 0.3 is 11.9 Å². The van der Waals surface area contributed by atoms with Gasteiger partial charge in [-0.3, -0.25) is 4.79 Å². The molecular weight excluding hydrogens is 274 g/mol. The molecule has 1 heterocycles. The summed E-state index contributed by atoms with van der Waals surface area (Å²) in [6.07, 6.45) is 0.281. The van der Waals surface area contributed by atoms with Crippen LogP contribution in [0.15, 0.2) is 11.1 Å². The van der Waals surface area contributed by atoms with Crippen LogP contribution < -0.4 is 0 Å². The quantitative estimate of drug-likeness (QED) is 0.548. The molecule has 0 bridgehead atoms. The smallest absolute Gasteiger partial charge is 0.347 e. The zero-order chi connectivity index (χ0) is 16.2. The number of amides is 1. The second-order valence-electron chi connectivity index (χ2n) is 4.77. The number of likely N-dealkylation sites (N-methyl/N-ethyl adjacent to an activating group) is 1. The van der Waals surface area contributed by atoms with Crippen molar-refractivity contribution < 1.29 is 23.9 Å². The van der Waals surface area contributed by atoms with Gasteiger partial charge in [-0.2, -0.15) is 0 Å². The molecule has 0 N–H and O–H groups in total. The van der Waals surface area contributed by atoms with E-state index in [0.717, 1.165) is 0 Å². The third kappa shape index (κ3) is 2.80. The Balaban J connectivity index is 3.29. The van der Waals surface area contributed by atoms with Gasteiger partial charge in [0.15, 0.2) is 0 Å². The van der Waals surface area contributed by atoms with Gasteiger partial charge in [-0.25, -0.2) is 9.59 Å². The largest absolute Gasteiger partial charge is 0.462 e. The molecule has 1 unspecified atom stereocenters. The minimum absolute atomic E-state index is 0.154. The summed E-state index contributed by atoms with van der Waals surface area (Å²) in [6, 6.07) is 0. The Morgan fingerprint density at radius 2 is 1.76 bits per heavy atom. The molecule has 0 aromatic heterocycles. The van der Waals surface area contributed by atoms with Crippen molar-refractivity contribution >= 4 is 17.8 Å². The number of rotatable bonds is 6. The van der Waals surface area contributed by atoms with Gasteiger partial charge in [0.1, 0.15) is 5.57 Å². The molecule has 0 saturated carbocycles. The molecule has 6 nitrogen and oxygen atoms in total. The van der Waals surface area contributed by atoms with E-state index >= 15 is 0 Å². The first kappa shape index (κ1) is 17.2. The summed E-state index contributed by atoms with van der Waals surface area (Å²) in [7, 11) is 0. The van der Waals surface area contributed by atoms with E-state index in [1.54, 1.807) is 25.7 Å². The van der Waals surface area contributed by atoms with Gasteiger partial charge in [0.25, 0.3) is 5.91 Å². The predicted molar refractivity (Wildman–Crippen MR) is 76.4 cm³/mol. The number of ether oxygens (including phenoxy) is 2. The van der Waals surface area contributed by atoms with Gasteiger partial charge in [-0.05, 0) is 34.1 Å². The van der Waals surface area contributed by atoms with E-state index in [1.165, 1.54) is 0 Å². The topological polar surface area (TPSA) is 72.9 Å². The van der Waals surface area contributed by atoms with Crippen molar-refractivity contribution in [1.29, 1.82) is 0 Å². The lowest BCUT2D eigenvalue weighted by Gasteiger charge is -2.32. The number of carbonyl (C=O) groups excluding carboxylic acids is 3. The lowest BCUT2D eigenvalue weighted by Crippen LogP contribution is -2.50. The summed E-state index contributed by atoms with van der Waals surface area (Å²) in [5.74, 6) is -1.81. The van der Waals surface area contributed by atoms with Crippen LogP contribution in [0.5, 0.6) is 0 Å². The van der Waals surface area contributed by atoms with Crippen LogP contribution in [0.1, 0.15) is 41.0 Å². The average Bonchev–Trinajstić information content (AvgIpc) is 2.72. The molecule has 0 saturated heterocycles. The highest BCUT2D eigenvalue weighted by Crippen LogP contribution is 2.37. The molecule has 21 heavy (non-hydrogen) atoms. The fraction of sp³-hybridized carbons (Fsp3) is 0.667. The van der Waals surface area contributed by atoms with Crippen molar-refractivity contribution in [3.8, 4) is 0 Å². The third-order valence-corrected chi connectivity index (χ3v) is 3.83. The van der Waals surface area contributed by atoms with Gasteiger partial charge in [0, 0.05) is 18.7 Å². The Morgan fingerprint density at radius 1 is 1.19 bits per heavy atom. The van der Waals surface area contributed by atoms with Crippen LogP contribution >= 0.6 is 0 Å². The number of cyclic esters (lactones) is 1. The van der Waals surface area contributed by atoms with Crippen LogP contribution in [0.2, 0.25) is 0 Å². The van der Waals surface area contributed by atoms with Crippen molar-refractivity contribution in [3.05, 3.63) is 11.1 Å². The van der Waals surface area contributed by atoms with Gasteiger partial charge in [0.05, 0.1) is 6.61 Å². The van der Waals surface area contributed by atoms with Crippen LogP contribution in [0.3, 0.4) is 0 Å². The van der Waals surface area contributed by atoms with Gasteiger partial charge in [-0.15, -0.1) is 0 Å². The maximum Gasteiger partial charge on any atom is 0.347 e. The van der Waals surface area contributed by atoms with Gasteiger partial charge in [0.2, 0.25) is 5.60 Å². The third-order valence-electron chi connectivity index (χ3n) is 3.83. The van der Waals surface area contributed by atoms with E-state index < -0.39 is 17.5 Å². The van der Waals surface area contributed by atoms with Crippen LogP contribution in [0.4, 0.5) is 0 Å². The van der Waals surface area contributed by atoms with Gasteiger partial charge in [-0.1, -0.05) is 6.92 Å². The van der Waals surface area contributed by atoms with Crippen molar-refractivity contribution in [3.63, 3.8) is 0 Å². The minimum atomic E-state index is -1.38. The number of nitrogens with zero attached hydrogens (tertiary/aromatic N) is 1. The SMILES string of the molecule is CCOC(=O)C1=C(C)C(CC)(C(=O)N(CC)CC)OC1=O. The normalized spacial score (nSPS) is 21.3. The molecule has 1 rings (SSSR count). The summed E-state index contributed by atoms with van der Waals surface area (Å²) in [4.78, 5) is 38.2. The summed E-state index contributed by atoms with van der Waals surface area (Å²) in [6.45, 7) is 9.88. The molecule has 0 fully saturated rings. The Labute approximate surface area is 125 Å². The van der Waals surface area contributed by atoms with Gasteiger partial charge < -0.3 is 14.4 Å². The molecule has 118 valence electrons. The fourth-order valence-electron chi connectivity index (χ4n) is 2.54. The summed E-state index contributed by atoms with van der Waals surface area (Å²) >= 11 is 0. The van der Waals surface area contributed by atoms with Crippen LogP contribution in [0.25, 0.3) is 0 Å². The Hall–Kier alpha value is -1.85. The first-order chi connectivity index (χ1) is 9.89. The van der Waals surface area contributed by atoms with Crippen molar-refractivity contribution in [1.82, 2.24) is 4.90 Å². The molecule has 1 aliphatic heterocycles. The molecule has 1 aliphatic rings. The van der Waals surface area contributed by atoms with E-state index in [0.29, 0.717) is 18.7 Å². The molecule has 0 aromatic carbocycles. The summed E-state index contributed by atoms with van der Waals surface area (Å²) in [5, 5.41) is 0. The zero-order valence-corrected chi connectivity index (χ0v) is 13.3. The number of hydrogen-bond donors (Lipinski definition) is 0. The first-order valence-corrected chi connectivity index (χ1v) is 7.30. The van der Waals surface area contributed by atoms with E-state index in [2.05, 4.69) is 0 Å². The predicted octanol–water partition coefficient (Wildman–Crippen LogP) is 1.44. The number of carbonyl (C=O) groups is 3. The summed E-state index contributed by atoms with van der Waals surface area (Å²) in [5.41, 5.74) is -1.20. The second kappa shape index (κ2) is 6.74. The maximum absolute atomic E-state index is 12.7. The molecular formula is C15H23NO5. The van der Waals surface area contributed by atoms with Crippen LogP contribution in [-0.4, -0.2) is 48.0 Å². The van der Waals surface area contributed by atoms with Crippen LogP contribution in [0, 0.1) is 0 Å².